The third kappa shape index (κ3) is 2.41. The summed E-state index contributed by atoms with van der Waals surface area (Å²) in [5, 5.41) is 3.52. The van der Waals surface area contributed by atoms with Crippen LogP contribution in [0.1, 0.15) is 11.1 Å². The minimum absolute atomic E-state index is 0.256. The zero-order valence-corrected chi connectivity index (χ0v) is 11.0. The van der Waals surface area contributed by atoms with E-state index in [1.165, 1.54) is 6.07 Å². The van der Waals surface area contributed by atoms with E-state index < -0.39 is 5.82 Å². The Hall–Kier alpha value is -1.74. The van der Waals surface area contributed by atoms with Crippen LogP contribution in [-0.4, -0.2) is 0 Å². The van der Waals surface area contributed by atoms with Crippen LogP contribution < -0.4 is 11.1 Å². The number of anilines is 3. The molecule has 0 spiro atoms. The first-order chi connectivity index (χ1) is 8.49. The summed E-state index contributed by atoms with van der Waals surface area (Å²) in [6.07, 6.45) is 0. The number of rotatable bonds is 2. The second kappa shape index (κ2) is 4.86. The Kier molecular flexibility index (Phi) is 3.43. The van der Waals surface area contributed by atoms with Crippen LogP contribution in [0.15, 0.2) is 30.3 Å². The highest BCUT2D eigenvalue weighted by Gasteiger charge is 2.10. The van der Waals surface area contributed by atoms with Gasteiger partial charge in [-0.05, 0) is 43.2 Å². The monoisotopic (exact) mass is 264 g/mol. The van der Waals surface area contributed by atoms with Crippen LogP contribution in [0.4, 0.5) is 21.5 Å². The van der Waals surface area contributed by atoms with Crippen molar-refractivity contribution in [3.05, 3.63) is 52.3 Å². The van der Waals surface area contributed by atoms with Gasteiger partial charge in [-0.25, -0.2) is 4.39 Å². The highest BCUT2D eigenvalue weighted by molar-refractivity contribution is 6.33. The van der Waals surface area contributed by atoms with Crippen molar-refractivity contribution in [2.45, 2.75) is 13.8 Å². The van der Waals surface area contributed by atoms with Crippen LogP contribution in [0.25, 0.3) is 0 Å². The third-order valence-corrected chi connectivity index (χ3v) is 3.03. The number of nitrogens with one attached hydrogen (secondary N) is 1. The first-order valence-corrected chi connectivity index (χ1v) is 5.94. The molecule has 0 heterocycles. The van der Waals surface area contributed by atoms with Crippen molar-refractivity contribution < 1.29 is 4.39 Å². The van der Waals surface area contributed by atoms with Crippen LogP contribution in [0.5, 0.6) is 0 Å². The Morgan fingerprint density at radius 3 is 2.50 bits per heavy atom. The summed E-state index contributed by atoms with van der Waals surface area (Å²) in [4.78, 5) is 0. The van der Waals surface area contributed by atoms with Gasteiger partial charge in [0, 0.05) is 0 Å². The normalized spacial score (nSPS) is 10.4. The van der Waals surface area contributed by atoms with E-state index in [9.17, 15) is 4.39 Å². The molecule has 0 unspecified atom stereocenters. The van der Waals surface area contributed by atoms with Crippen molar-refractivity contribution >= 4 is 28.7 Å². The topological polar surface area (TPSA) is 38.0 Å². The van der Waals surface area contributed by atoms with Gasteiger partial charge in [0.2, 0.25) is 0 Å². The number of benzene rings is 2. The van der Waals surface area contributed by atoms with Crippen LogP contribution in [0.2, 0.25) is 5.02 Å². The predicted molar refractivity (Wildman–Crippen MR) is 75.0 cm³/mol. The van der Waals surface area contributed by atoms with Crippen molar-refractivity contribution in [2.24, 2.45) is 0 Å². The van der Waals surface area contributed by atoms with Gasteiger partial charge in [0.15, 0.2) is 0 Å². The quantitative estimate of drug-likeness (QED) is 0.788. The van der Waals surface area contributed by atoms with Gasteiger partial charge in [0.05, 0.1) is 22.1 Å². The lowest BCUT2D eigenvalue weighted by Gasteiger charge is -2.14. The second-order valence-corrected chi connectivity index (χ2v) is 4.67. The van der Waals surface area contributed by atoms with E-state index in [2.05, 4.69) is 5.32 Å². The first-order valence-electron chi connectivity index (χ1n) is 5.57. The number of para-hydroxylation sites is 1. The number of nitrogens with two attached hydrogens (primary N) is 1. The molecule has 2 aromatic rings. The van der Waals surface area contributed by atoms with E-state index in [0.717, 1.165) is 11.1 Å². The molecule has 3 N–H and O–H groups in total. The zero-order chi connectivity index (χ0) is 13.3. The summed E-state index contributed by atoms with van der Waals surface area (Å²) in [5.41, 5.74) is 9.05. The summed E-state index contributed by atoms with van der Waals surface area (Å²) < 4.78 is 13.7. The van der Waals surface area contributed by atoms with Crippen LogP contribution in [0, 0.1) is 19.7 Å². The Morgan fingerprint density at radius 1 is 1.17 bits per heavy atom. The van der Waals surface area contributed by atoms with Gasteiger partial charge in [0.25, 0.3) is 0 Å². The Bertz CT molecular complexity index is 553. The molecule has 0 amide bonds. The maximum atomic E-state index is 13.7. The SMILES string of the molecule is Cc1cc(C)c(Nc2c(N)cccc2F)c(Cl)c1. The highest BCUT2D eigenvalue weighted by atomic mass is 35.5. The molecule has 2 rings (SSSR count). The zero-order valence-electron chi connectivity index (χ0n) is 10.2. The molecule has 0 saturated heterocycles. The molecule has 0 aromatic heterocycles. The molecule has 94 valence electrons. The summed E-state index contributed by atoms with van der Waals surface area (Å²) in [5.74, 6) is -0.397. The standard InChI is InChI=1S/C14H14ClFN2/c1-8-6-9(2)13(10(15)7-8)18-14-11(16)4-3-5-12(14)17/h3-7,18H,17H2,1-2H3. The molecular formula is C14H14ClFN2. The van der Waals surface area contributed by atoms with Gasteiger partial charge >= 0.3 is 0 Å². The van der Waals surface area contributed by atoms with Gasteiger partial charge in [-0.2, -0.15) is 0 Å². The molecule has 2 nitrogen and oxygen atoms in total. The number of hydrogen-bond acceptors (Lipinski definition) is 2. The molecule has 18 heavy (non-hydrogen) atoms. The Labute approximate surface area is 111 Å². The van der Waals surface area contributed by atoms with Gasteiger partial charge in [-0.3, -0.25) is 0 Å². The van der Waals surface area contributed by atoms with Crippen LogP contribution >= 0.6 is 11.6 Å². The summed E-state index contributed by atoms with van der Waals surface area (Å²) in [6.45, 7) is 3.87. The predicted octanol–water partition coefficient (Wildman–Crippen LogP) is 4.42. The minimum Gasteiger partial charge on any atom is -0.397 e. The molecule has 0 fully saturated rings. The maximum absolute atomic E-state index is 13.7. The van der Waals surface area contributed by atoms with Crippen molar-refractivity contribution in [2.75, 3.05) is 11.1 Å². The largest absolute Gasteiger partial charge is 0.397 e. The van der Waals surface area contributed by atoms with Gasteiger partial charge in [0.1, 0.15) is 5.82 Å². The smallest absolute Gasteiger partial charge is 0.148 e. The minimum atomic E-state index is -0.397. The number of hydrogen-bond donors (Lipinski definition) is 2. The fourth-order valence-corrected chi connectivity index (χ4v) is 2.24. The Morgan fingerprint density at radius 2 is 1.89 bits per heavy atom. The van der Waals surface area contributed by atoms with E-state index in [1.807, 2.05) is 26.0 Å². The van der Waals surface area contributed by atoms with E-state index in [1.54, 1.807) is 12.1 Å². The van der Waals surface area contributed by atoms with Crippen molar-refractivity contribution in [3.63, 3.8) is 0 Å². The molecule has 2 aromatic carbocycles. The lowest BCUT2D eigenvalue weighted by Crippen LogP contribution is -2.01. The molecule has 0 aliphatic carbocycles. The van der Waals surface area contributed by atoms with E-state index in [0.29, 0.717) is 16.4 Å². The maximum Gasteiger partial charge on any atom is 0.148 e. The molecule has 4 heteroatoms. The van der Waals surface area contributed by atoms with Crippen molar-refractivity contribution in [3.8, 4) is 0 Å². The van der Waals surface area contributed by atoms with Crippen LogP contribution in [0.3, 0.4) is 0 Å². The van der Waals surface area contributed by atoms with Gasteiger partial charge in [-0.1, -0.05) is 23.7 Å². The summed E-state index contributed by atoms with van der Waals surface area (Å²) >= 11 is 6.16. The lowest BCUT2D eigenvalue weighted by molar-refractivity contribution is 0.632. The highest BCUT2D eigenvalue weighted by Crippen LogP contribution is 2.33. The average Bonchev–Trinajstić information content (AvgIpc) is 2.26. The van der Waals surface area contributed by atoms with Crippen molar-refractivity contribution in [1.82, 2.24) is 0 Å². The van der Waals surface area contributed by atoms with Gasteiger partial charge in [-0.15, -0.1) is 0 Å². The fourth-order valence-electron chi connectivity index (χ4n) is 1.87. The van der Waals surface area contributed by atoms with Crippen molar-refractivity contribution in [1.29, 1.82) is 0 Å². The summed E-state index contributed by atoms with van der Waals surface area (Å²) in [7, 11) is 0. The van der Waals surface area contributed by atoms with Crippen LogP contribution in [-0.2, 0) is 0 Å². The van der Waals surface area contributed by atoms with Gasteiger partial charge < -0.3 is 11.1 Å². The average molecular weight is 265 g/mol. The summed E-state index contributed by atoms with van der Waals surface area (Å²) in [6, 6.07) is 8.37. The molecule has 0 aliphatic heterocycles. The first kappa shape index (κ1) is 12.7. The second-order valence-electron chi connectivity index (χ2n) is 4.27. The number of nitrogen functional groups attached to an aromatic ring is 1. The Balaban J connectivity index is 2.47. The fraction of sp³-hybridized carbons (Fsp3) is 0.143. The molecule has 0 radical (unpaired) electrons. The third-order valence-electron chi connectivity index (χ3n) is 2.73. The van der Waals surface area contributed by atoms with E-state index in [4.69, 9.17) is 17.3 Å². The molecule has 0 aliphatic rings. The number of halogens is 2. The van der Waals surface area contributed by atoms with E-state index >= 15 is 0 Å². The number of aryl methyl sites for hydroxylation is 2. The molecule has 0 atom stereocenters. The molecule has 0 saturated carbocycles. The molecule has 0 bridgehead atoms. The lowest BCUT2D eigenvalue weighted by atomic mass is 10.1. The molecular weight excluding hydrogens is 251 g/mol. The van der Waals surface area contributed by atoms with E-state index in [-0.39, 0.29) is 5.69 Å².